The highest BCUT2D eigenvalue weighted by atomic mass is 28.4. The van der Waals surface area contributed by atoms with Crippen molar-refractivity contribution in [2.75, 3.05) is 0 Å². The molecule has 2 bridgehead atoms. The predicted molar refractivity (Wildman–Crippen MR) is 113 cm³/mol. The molecule has 0 aliphatic carbocycles. The van der Waals surface area contributed by atoms with Crippen molar-refractivity contribution in [1.29, 1.82) is 0 Å². The molecule has 0 unspecified atom stereocenters. The molecule has 1 aromatic carbocycles. The highest BCUT2D eigenvalue weighted by Crippen LogP contribution is 2.40. The molecule has 4 heteroatoms. The fourth-order valence-corrected chi connectivity index (χ4v) is 5.99. The smallest absolute Gasteiger partial charge is 0.192 e. The maximum atomic E-state index is 6.79. The summed E-state index contributed by atoms with van der Waals surface area (Å²) in [5.41, 5.74) is 1.43. The molecule has 2 heterocycles. The van der Waals surface area contributed by atoms with Gasteiger partial charge >= 0.3 is 0 Å². The number of piperazine rings is 1. The zero-order chi connectivity index (χ0) is 19.1. The Morgan fingerprint density at radius 2 is 1.77 bits per heavy atom. The Hall–Kier alpha value is -0.683. The number of benzene rings is 1. The standard InChI is InChI=1S/C22H38N2OSi/c1-16-19-13-14-20(24(19)15-18-11-9-8-10-12-18)21(23-16)17(2)25-26(6,7)22(3,4)5/h8-12,16-17,19-21,23H,13-15H2,1-7H3/t16-,17+,19+,20-,21-/m1/s1. The molecule has 2 saturated heterocycles. The number of hydrogen-bond acceptors (Lipinski definition) is 3. The van der Waals surface area contributed by atoms with Gasteiger partial charge in [-0.25, -0.2) is 0 Å². The number of rotatable bonds is 5. The molecule has 1 aromatic rings. The van der Waals surface area contributed by atoms with Gasteiger partial charge in [-0.3, -0.25) is 4.90 Å². The largest absolute Gasteiger partial charge is 0.413 e. The fourth-order valence-electron chi connectivity index (χ4n) is 4.56. The lowest BCUT2D eigenvalue weighted by atomic mass is 9.97. The molecule has 0 spiro atoms. The minimum absolute atomic E-state index is 0.251. The van der Waals surface area contributed by atoms with E-state index in [1.807, 2.05) is 0 Å². The second-order valence-electron chi connectivity index (χ2n) is 9.93. The second-order valence-corrected chi connectivity index (χ2v) is 14.7. The van der Waals surface area contributed by atoms with Gasteiger partial charge in [0.05, 0.1) is 6.10 Å². The Kier molecular flexibility index (Phi) is 5.70. The van der Waals surface area contributed by atoms with E-state index in [9.17, 15) is 0 Å². The third-order valence-corrected chi connectivity index (χ3v) is 11.6. The molecule has 0 radical (unpaired) electrons. The molecular weight excluding hydrogens is 336 g/mol. The van der Waals surface area contributed by atoms with Crippen molar-refractivity contribution in [1.82, 2.24) is 10.2 Å². The van der Waals surface area contributed by atoms with Crippen LogP contribution < -0.4 is 5.32 Å². The first kappa shape index (κ1) is 20.1. The van der Waals surface area contributed by atoms with Crippen LogP contribution in [0.15, 0.2) is 30.3 Å². The molecule has 2 fully saturated rings. The van der Waals surface area contributed by atoms with Crippen LogP contribution in [0.3, 0.4) is 0 Å². The van der Waals surface area contributed by atoms with Crippen LogP contribution in [0, 0.1) is 0 Å². The third kappa shape index (κ3) is 3.94. The van der Waals surface area contributed by atoms with E-state index in [2.05, 4.69) is 88.3 Å². The SMILES string of the molecule is C[C@H](O[Si](C)(C)C(C)(C)C)[C@H]1N[C@H](C)[C@@H]2CC[C@H]1N2Cc1ccccc1. The van der Waals surface area contributed by atoms with Crippen molar-refractivity contribution in [3.63, 3.8) is 0 Å². The van der Waals surface area contributed by atoms with E-state index in [1.54, 1.807) is 0 Å². The molecule has 0 amide bonds. The summed E-state index contributed by atoms with van der Waals surface area (Å²) in [6.07, 6.45) is 2.83. The molecule has 3 rings (SSSR count). The van der Waals surface area contributed by atoms with Crippen LogP contribution in [0.5, 0.6) is 0 Å². The highest BCUT2D eigenvalue weighted by molar-refractivity contribution is 6.74. The first-order valence-corrected chi connectivity index (χ1v) is 13.2. The van der Waals surface area contributed by atoms with E-state index < -0.39 is 8.32 Å². The topological polar surface area (TPSA) is 24.5 Å². The van der Waals surface area contributed by atoms with Crippen molar-refractivity contribution >= 4 is 8.32 Å². The lowest BCUT2D eigenvalue weighted by Crippen LogP contribution is -2.66. The molecule has 5 atom stereocenters. The van der Waals surface area contributed by atoms with Gasteiger partial charge < -0.3 is 9.74 Å². The normalized spacial score (nSPS) is 31.2. The summed E-state index contributed by atoms with van der Waals surface area (Å²) < 4.78 is 6.79. The molecule has 2 aliphatic rings. The van der Waals surface area contributed by atoms with Crippen LogP contribution >= 0.6 is 0 Å². The maximum absolute atomic E-state index is 6.79. The Balaban J connectivity index is 1.76. The number of nitrogens with one attached hydrogen (secondary N) is 1. The zero-order valence-corrected chi connectivity index (χ0v) is 18.8. The molecule has 2 aliphatic heterocycles. The van der Waals surface area contributed by atoms with Crippen LogP contribution in [0.1, 0.15) is 53.0 Å². The van der Waals surface area contributed by atoms with Crippen LogP contribution in [-0.4, -0.2) is 43.5 Å². The molecule has 26 heavy (non-hydrogen) atoms. The zero-order valence-electron chi connectivity index (χ0n) is 17.8. The average Bonchev–Trinajstić information content (AvgIpc) is 2.86. The number of fused-ring (bicyclic) bond motifs is 2. The van der Waals surface area contributed by atoms with E-state index >= 15 is 0 Å². The summed E-state index contributed by atoms with van der Waals surface area (Å²) in [5, 5.41) is 4.18. The van der Waals surface area contributed by atoms with Gasteiger partial charge in [-0.2, -0.15) is 0 Å². The van der Waals surface area contributed by atoms with Gasteiger partial charge in [0.15, 0.2) is 8.32 Å². The van der Waals surface area contributed by atoms with Gasteiger partial charge in [-0.15, -0.1) is 0 Å². The van der Waals surface area contributed by atoms with E-state index in [4.69, 9.17) is 4.43 Å². The minimum Gasteiger partial charge on any atom is -0.413 e. The summed E-state index contributed by atoms with van der Waals surface area (Å²) in [5.74, 6) is 0. The predicted octanol–water partition coefficient (Wildman–Crippen LogP) is 4.79. The Bertz CT molecular complexity index is 598. The fraction of sp³-hybridized carbons (Fsp3) is 0.727. The summed E-state index contributed by atoms with van der Waals surface area (Å²) in [4.78, 5) is 2.76. The highest BCUT2D eigenvalue weighted by Gasteiger charge is 2.49. The van der Waals surface area contributed by atoms with Crippen molar-refractivity contribution in [3.05, 3.63) is 35.9 Å². The minimum atomic E-state index is -1.76. The quantitative estimate of drug-likeness (QED) is 0.750. The average molecular weight is 375 g/mol. The van der Waals surface area contributed by atoms with E-state index in [-0.39, 0.29) is 11.1 Å². The number of nitrogens with zero attached hydrogens (tertiary/aromatic N) is 1. The van der Waals surface area contributed by atoms with Gasteiger partial charge in [0, 0.05) is 30.7 Å². The van der Waals surface area contributed by atoms with Crippen LogP contribution in [0.25, 0.3) is 0 Å². The van der Waals surface area contributed by atoms with E-state index in [1.165, 1.54) is 18.4 Å². The van der Waals surface area contributed by atoms with Gasteiger partial charge in [0.2, 0.25) is 0 Å². The first-order valence-electron chi connectivity index (χ1n) is 10.3. The van der Waals surface area contributed by atoms with Gasteiger partial charge in [0.25, 0.3) is 0 Å². The molecule has 0 aromatic heterocycles. The lowest BCUT2D eigenvalue weighted by molar-refractivity contribution is 0.0265. The van der Waals surface area contributed by atoms with Crippen molar-refractivity contribution in [2.45, 2.75) is 102 Å². The first-order chi connectivity index (χ1) is 12.1. The van der Waals surface area contributed by atoms with Gasteiger partial charge in [-0.05, 0) is 50.4 Å². The molecule has 0 saturated carbocycles. The van der Waals surface area contributed by atoms with Crippen molar-refractivity contribution in [3.8, 4) is 0 Å². The third-order valence-electron chi connectivity index (χ3n) is 7.06. The van der Waals surface area contributed by atoms with Crippen LogP contribution in [-0.2, 0) is 11.0 Å². The monoisotopic (exact) mass is 374 g/mol. The van der Waals surface area contributed by atoms with Gasteiger partial charge in [0.1, 0.15) is 0 Å². The Labute approximate surface area is 161 Å². The van der Waals surface area contributed by atoms with Crippen molar-refractivity contribution in [2.24, 2.45) is 0 Å². The summed E-state index contributed by atoms with van der Waals surface area (Å²) in [6.45, 7) is 17.4. The van der Waals surface area contributed by atoms with Crippen LogP contribution in [0.4, 0.5) is 0 Å². The summed E-state index contributed by atoms with van der Waals surface area (Å²) >= 11 is 0. The Morgan fingerprint density at radius 1 is 1.15 bits per heavy atom. The second kappa shape index (κ2) is 7.38. The summed E-state index contributed by atoms with van der Waals surface area (Å²) in [6, 6.07) is 13.1. The summed E-state index contributed by atoms with van der Waals surface area (Å²) in [7, 11) is -1.76. The maximum Gasteiger partial charge on any atom is 0.192 e. The van der Waals surface area contributed by atoms with Gasteiger partial charge in [-0.1, -0.05) is 51.1 Å². The number of hydrogen-bond donors (Lipinski definition) is 1. The Morgan fingerprint density at radius 3 is 2.38 bits per heavy atom. The molecular formula is C22H38N2OSi. The van der Waals surface area contributed by atoms with Crippen LogP contribution in [0.2, 0.25) is 18.1 Å². The molecule has 1 N–H and O–H groups in total. The molecule has 146 valence electrons. The molecule has 3 nitrogen and oxygen atoms in total. The lowest BCUT2D eigenvalue weighted by Gasteiger charge is -2.48. The van der Waals surface area contributed by atoms with Crippen molar-refractivity contribution < 1.29 is 4.43 Å². The van der Waals surface area contributed by atoms with E-state index in [0.717, 1.165) is 6.54 Å². The van der Waals surface area contributed by atoms with E-state index in [0.29, 0.717) is 24.2 Å².